The molecule has 3 aliphatic rings. The van der Waals surface area contributed by atoms with Crippen molar-refractivity contribution in [3.8, 4) is 0 Å². The highest BCUT2D eigenvalue weighted by Gasteiger charge is 2.53. The van der Waals surface area contributed by atoms with Crippen LogP contribution in [0.4, 0.5) is 0 Å². The maximum atomic E-state index is 9.61. The SMILES string of the molecule is O[C@H]1C2OC[C@@H](O2)[C@@H]2OCO[C@@H]21. The van der Waals surface area contributed by atoms with Crippen molar-refractivity contribution in [2.24, 2.45) is 0 Å². The zero-order chi connectivity index (χ0) is 8.13. The smallest absolute Gasteiger partial charge is 0.186 e. The van der Waals surface area contributed by atoms with E-state index < -0.39 is 12.4 Å². The maximum Gasteiger partial charge on any atom is 0.186 e. The van der Waals surface area contributed by atoms with E-state index in [1.165, 1.54) is 0 Å². The van der Waals surface area contributed by atoms with E-state index in [-0.39, 0.29) is 25.1 Å². The summed E-state index contributed by atoms with van der Waals surface area (Å²) in [5.41, 5.74) is 0. The van der Waals surface area contributed by atoms with Crippen LogP contribution in [0.3, 0.4) is 0 Å². The molecule has 0 aliphatic carbocycles. The molecule has 0 aromatic carbocycles. The lowest BCUT2D eigenvalue weighted by Crippen LogP contribution is -2.52. The van der Waals surface area contributed by atoms with Gasteiger partial charge in [0.1, 0.15) is 31.2 Å². The Hall–Kier alpha value is -0.200. The first-order valence-electron chi connectivity index (χ1n) is 4.04. The van der Waals surface area contributed by atoms with Crippen LogP contribution in [-0.2, 0) is 18.9 Å². The standard InChI is InChI=1S/C7H10O5/c8-4-6-5(10-2-11-6)3-1-9-7(4)12-3/h3-8H,1-2H2/t3-,4-,5+,6-,7?/m1/s1. The van der Waals surface area contributed by atoms with Crippen LogP contribution in [-0.4, -0.2) is 49.2 Å². The number of hydrogen-bond acceptors (Lipinski definition) is 5. The van der Waals surface area contributed by atoms with Crippen molar-refractivity contribution in [1.29, 1.82) is 0 Å². The summed E-state index contributed by atoms with van der Waals surface area (Å²) in [7, 11) is 0. The first-order chi connectivity index (χ1) is 5.86. The highest BCUT2D eigenvalue weighted by molar-refractivity contribution is 4.96. The molecule has 5 heteroatoms. The molecular weight excluding hydrogens is 164 g/mol. The minimum atomic E-state index is -0.712. The number of hydrogen-bond donors (Lipinski definition) is 1. The molecule has 1 unspecified atom stereocenters. The predicted molar refractivity (Wildman–Crippen MR) is 35.2 cm³/mol. The third-order valence-electron chi connectivity index (χ3n) is 2.56. The molecule has 5 atom stereocenters. The molecule has 3 heterocycles. The quantitative estimate of drug-likeness (QED) is 0.502. The van der Waals surface area contributed by atoms with E-state index >= 15 is 0 Å². The molecule has 0 saturated carbocycles. The second-order valence-electron chi connectivity index (χ2n) is 3.25. The van der Waals surface area contributed by atoms with Crippen LogP contribution in [0.25, 0.3) is 0 Å². The molecule has 3 saturated heterocycles. The third kappa shape index (κ3) is 0.800. The van der Waals surface area contributed by atoms with Gasteiger partial charge in [0, 0.05) is 0 Å². The lowest BCUT2D eigenvalue weighted by molar-refractivity contribution is -0.201. The number of ether oxygens (including phenoxy) is 4. The fourth-order valence-corrected chi connectivity index (χ4v) is 1.94. The fourth-order valence-electron chi connectivity index (χ4n) is 1.94. The third-order valence-corrected chi connectivity index (χ3v) is 2.56. The van der Waals surface area contributed by atoms with Crippen LogP contribution in [0.1, 0.15) is 0 Å². The van der Waals surface area contributed by atoms with Gasteiger partial charge in [-0.25, -0.2) is 0 Å². The van der Waals surface area contributed by atoms with Gasteiger partial charge in [0.15, 0.2) is 6.29 Å². The molecule has 0 aromatic rings. The van der Waals surface area contributed by atoms with Crippen molar-refractivity contribution < 1.29 is 24.1 Å². The van der Waals surface area contributed by atoms with Crippen molar-refractivity contribution >= 4 is 0 Å². The second kappa shape index (κ2) is 2.40. The number of rotatable bonds is 0. The molecule has 0 aromatic heterocycles. The summed E-state index contributed by atoms with van der Waals surface area (Å²) < 4.78 is 21.0. The normalized spacial score (nSPS) is 57.2. The zero-order valence-electron chi connectivity index (χ0n) is 6.38. The van der Waals surface area contributed by atoms with Crippen LogP contribution in [0.15, 0.2) is 0 Å². The summed E-state index contributed by atoms with van der Waals surface area (Å²) in [4.78, 5) is 0. The van der Waals surface area contributed by atoms with Gasteiger partial charge < -0.3 is 24.1 Å². The summed E-state index contributed by atoms with van der Waals surface area (Å²) in [5.74, 6) is 0. The monoisotopic (exact) mass is 174 g/mol. The molecule has 1 N–H and O–H groups in total. The highest BCUT2D eigenvalue weighted by atomic mass is 16.8. The molecule has 3 aliphatic heterocycles. The van der Waals surface area contributed by atoms with Crippen LogP contribution < -0.4 is 0 Å². The van der Waals surface area contributed by atoms with Crippen molar-refractivity contribution in [2.75, 3.05) is 13.4 Å². The topological polar surface area (TPSA) is 57.2 Å². The van der Waals surface area contributed by atoms with Gasteiger partial charge in [-0.3, -0.25) is 0 Å². The van der Waals surface area contributed by atoms with E-state index in [2.05, 4.69) is 0 Å². The zero-order valence-corrected chi connectivity index (χ0v) is 6.38. The first-order valence-corrected chi connectivity index (χ1v) is 4.04. The molecule has 0 amide bonds. The van der Waals surface area contributed by atoms with Gasteiger partial charge in [0.2, 0.25) is 0 Å². The van der Waals surface area contributed by atoms with E-state index in [0.29, 0.717) is 6.61 Å². The van der Waals surface area contributed by atoms with Crippen LogP contribution >= 0.6 is 0 Å². The Labute approximate surface area is 69.2 Å². The van der Waals surface area contributed by atoms with Crippen LogP contribution in [0, 0.1) is 0 Å². The summed E-state index contributed by atoms with van der Waals surface area (Å²) >= 11 is 0. The van der Waals surface area contributed by atoms with E-state index in [1.54, 1.807) is 0 Å². The Bertz CT molecular complexity index is 192. The molecule has 2 bridgehead atoms. The van der Waals surface area contributed by atoms with Gasteiger partial charge in [-0.15, -0.1) is 0 Å². The van der Waals surface area contributed by atoms with E-state index in [9.17, 15) is 5.11 Å². The predicted octanol–water partition coefficient (Wildman–Crippen LogP) is -1.16. The number of aliphatic hydroxyl groups is 1. The van der Waals surface area contributed by atoms with Crippen molar-refractivity contribution in [3.63, 3.8) is 0 Å². The Morgan fingerprint density at radius 2 is 1.92 bits per heavy atom. The first kappa shape index (κ1) is 7.23. The van der Waals surface area contributed by atoms with Crippen molar-refractivity contribution in [1.82, 2.24) is 0 Å². The van der Waals surface area contributed by atoms with Gasteiger partial charge in [0.05, 0.1) is 6.61 Å². The Kier molecular flexibility index (Phi) is 1.44. The molecule has 3 fully saturated rings. The largest absolute Gasteiger partial charge is 0.385 e. The van der Waals surface area contributed by atoms with Crippen molar-refractivity contribution in [2.45, 2.75) is 30.7 Å². The molecule has 3 rings (SSSR count). The van der Waals surface area contributed by atoms with Crippen LogP contribution in [0.5, 0.6) is 0 Å². The highest BCUT2D eigenvalue weighted by Crippen LogP contribution is 2.34. The summed E-state index contributed by atoms with van der Waals surface area (Å²) in [6, 6.07) is 0. The van der Waals surface area contributed by atoms with E-state index in [1.807, 2.05) is 0 Å². The minimum absolute atomic E-state index is 0.0640. The summed E-state index contributed by atoms with van der Waals surface area (Å²) in [5, 5.41) is 9.61. The molecule has 68 valence electrons. The average Bonchev–Trinajstić information content (AvgIpc) is 2.69. The Morgan fingerprint density at radius 3 is 2.83 bits per heavy atom. The molecule has 12 heavy (non-hydrogen) atoms. The van der Waals surface area contributed by atoms with Crippen molar-refractivity contribution in [3.05, 3.63) is 0 Å². The second-order valence-corrected chi connectivity index (χ2v) is 3.25. The van der Waals surface area contributed by atoms with E-state index in [0.717, 1.165) is 0 Å². The molecule has 5 nitrogen and oxygen atoms in total. The van der Waals surface area contributed by atoms with E-state index in [4.69, 9.17) is 18.9 Å². The lowest BCUT2D eigenvalue weighted by atomic mass is 10.0. The molecule has 0 radical (unpaired) electrons. The van der Waals surface area contributed by atoms with Gasteiger partial charge in [-0.1, -0.05) is 0 Å². The fraction of sp³-hybridized carbons (Fsp3) is 1.00. The van der Waals surface area contributed by atoms with Gasteiger partial charge in [-0.05, 0) is 0 Å². The summed E-state index contributed by atoms with van der Waals surface area (Å²) in [6.07, 6.45) is -1.71. The lowest BCUT2D eigenvalue weighted by Gasteiger charge is -2.31. The molecule has 0 spiro atoms. The van der Waals surface area contributed by atoms with Gasteiger partial charge in [-0.2, -0.15) is 0 Å². The number of aliphatic hydroxyl groups excluding tert-OH is 1. The Morgan fingerprint density at radius 1 is 1.08 bits per heavy atom. The minimum Gasteiger partial charge on any atom is -0.385 e. The number of fused-ring (bicyclic) bond motifs is 4. The van der Waals surface area contributed by atoms with Gasteiger partial charge >= 0.3 is 0 Å². The maximum absolute atomic E-state index is 9.61. The van der Waals surface area contributed by atoms with Gasteiger partial charge in [0.25, 0.3) is 0 Å². The van der Waals surface area contributed by atoms with Crippen LogP contribution in [0.2, 0.25) is 0 Å². The Balaban J connectivity index is 1.89. The molecular formula is C7H10O5. The average molecular weight is 174 g/mol. The summed E-state index contributed by atoms with van der Waals surface area (Å²) in [6.45, 7) is 0.741.